The SMILES string of the molecule is Fc1ccccc1Cn1cc(-c2ccco2)cn1. The van der Waals surface area contributed by atoms with Crippen LogP contribution < -0.4 is 0 Å². The van der Waals surface area contributed by atoms with E-state index in [1.54, 1.807) is 29.3 Å². The first kappa shape index (κ1) is 10.8. The first-order chi connectivity index (χ1) is 8.83. The zero-order chi connectivity index (χ0) is 12.4. The van der Waals surface area contributed by atoms with Gasteiger partial charge >= 0.3 is 0 Å². The maximum Gasteiger partial charge on any atom is 0.137 e. The molecule has 2 heterocycles. The van der Waals surface area contributed by atoms with Gasteiger partial charge in [-0.15, -0.1) is 0 Å². The molecule has 3 rings (SSSR count). The number of benzene rings is 1. The van der Waals surface area contributed by atoms with Crippen LogP contribution in [0.25, 0.3) is 11.3 Å². The van der Waals surface area contributed by atoms with E-state index >= 15 is 0 Å². The molecule has 0 bridgehead atoms. The van der Waals surface area contributed by atoms with E-state index in [0.29, 0.717) is 12.1 Å². The maximum atomic E-state index is 13.5. The van der Waals surface area contributed by atoms with E-state index in [1.165, 1.54) is 6.07 Å². The quantitative estimate of drug-likeness (QED) is 0.705. The van der Waals surface area contributed by atoms with Crippen molar-refractivity contribution in [3.05, 3.63) is 66.4 Å². The first-order valence-corrected chi connectivity index (χ1v) is 5.63. The Morgan fingerprint density at radius 1 is 1.17 bits per heavy atom. The van der Waals surface area contributed by atoms with E-state index in [4.69, 9.17) is 4.42 Å². The first-order valence-electron chi connectivity index (χ1n) is 5.63. The molecule has 0 aliphatic carbocycles. The van der Waals surface area contributed by atoms with E-state index in [9.17, 15) is 4.39 Å². The van der Waals surface area contributed by atoms with E-state index < -0.39 is 0 Å². The van der Waals surface area contributed by atoms with Crippen LogP contribution in [0.2, 0.25) is 0 Å². The van der Waals surface area contributed by atoms with Gasteiger partial charge in [-0.05, 0) is 18.2 Å². The highest BCUT2D eigenvalue weighted by molar-refractivity contribution is 5.54. The predicted molar refractivity (Wildman–Crippen MR) is 65.4 cm³/mol. The van der Waals surface area contributed by atoms with Gasteiger partial charge in [0.15, 0.2) is 0 Å². The van der Waals surface area contributed by atoms with Crippen LogP contribution in [0, 0.1) is 5.82 Å². The third-order valence-electron chi connectivity index (χ3n) is 2.73. The van der Waals surface area contributed by atoms with E-state index in [2.05, 4.69) is 5.10 Å². The number of halogens is 1. The van der Waals surface area contributed by atoms with Gasteiger partial charge in [-0.2, -0.15) is 5.10 Å². The molecule has 90 valence electrons. The Balaban J connectivity index is 1.85. The van der Waals surface area contributed by atoms with Crippen molar-refractivity contribution in [3.8, 4) is 11.3 Å². The molecule has 0 radical (unpaired) electrons. The minimum Gasteiger partial charge on any atom is -0.464 e. The van der Waals surface area contributed by atoms with Gasteiger partial charge in [-0.1, -0.05) is 18.2 Å². The zero-order valence-electron chi connectivity index (χ0n) is 9.58. The van der Waals surface area contributed by atoms with Gasteiger partial charge in [0.25, 0.3) is 0 Å². The molecule has 0 fully saturated rings. The molecule has 0 saturated carbocycles. The number of hydrogen-bond donors (Lipinski definition) is 0. The molecule has 0 amide bonds. The second-order valence-corrected chi connectivity index (χ2v) is 4.00. The summed E-state index contributed by atoms with van der Waals surface area (Å²) in [5.41, 5.74) is 1.50. The summed E-state index contributed by atoms with van der Waals surface area (Å²) in [6, 6.07) is 10.4. The largest absolute Gasteiger partial charge is 0.464 e. The van der Waals surface area contributed by atoms with Crippen molar-refractivity contribution in [2.24, 2.45) is 0 Å². The summed E-state index contributed by atoms with van der Waals surface area (Å²) in [5, 5.41) is 4.20. The number of rotatable bonds is 3. The van der Waals surface area contributed by atoms with Crippen molar-refractivity contribution in [3.63, 3.8) is 0 Å². The monoisotopic (exact) mass is 242 g/mol. The molecule has 0 aliphatic rings. The lowest BCUT2D eigenvalue weighted by molar-refractivity contribution is 0.580. The highest BCUT2D eigenvalue weighted by Crippen LogP contribution is 2.19. The third kappa shape index (κ3) is 2.05. The standard InChI is InChI=1S/C14H11FN2O/c15-13-5-2-1-4-11(13)9-17-10-12(8-16-17)14-6-3-7-18-14/h1-8,10H,9H2. The molecule has 0 aliphatic heterocycles. The van der Waals surface area contributed by atoms with Crippen molar-refractivity contribution in [1.82, 2.24) is 9.78 Å². The van der Waals surface area contributed by atoms with Crippen LogP contribution in [0.4, 0.5) is 4.39 Å². The number of nitrogens with zero attached hydrogens (tertiary/aromatic N) is 2. The van der Waals surface area contributed by atoms with Crippen LogP contribution in [-0.4, -0.2) is 9.78 Å². The third-order valence-corrected chi connectivity index (χ3v) is 2.73. The topological polar surface area (TPSA) is 31.0 Å². The van der Waals surface area contributed by atoms with Gasteiger partial charge in [0, 0.05) is 11.8 Å². The summed E-state index contributed by atoms with van der Waals surface area (Å²) in [5.74, 6) is 0.544. The molecule has 3 aromatic rings. The van der Waals surface area contributed by atoms with Gasteiger partial charge in [0.2, 0.25) is 0 Å². The molecule has 2 aromatic heterocycles. The Hall–Kier alpha value is -2.36. The summed E-state index contributed by atoms with van der Waals surface area (Å²) in [4.78, 5) is 0. The average Bonchev–Trinajstić information content (AvgIpc) is 3.02. The van der Waals surface area contributed by atoms with Crippen LogP contribution in [0.15, 0.2) is 59.5 Å². The van der Waals surface area contributed by atoms with Gasteiger partial charge in [-0.25, -0.2) is 4.39 Å². The summed E-state index contributed by atoms with van der Waals surface area (Å²) in [6.07, 6.45) is 5.16. The highest BCUT2D eigenvalue weighted by atomic mass is 19.1. The Morgan fingerprint density at radius 2 is 2.06 bits per heavy atom. The van der Waals surface area contributed by atoms with Crippen molar-refractivity contribution >= 4 is 0 Å². The van der Waals surface area contributed by atoms with Crippen molar-refractivity contribution in [1.29, 1.82) is 0 Å². The molecular weight excluding hydrogens is 231 g/mol. The van der Waals surface area contributed by atoms with E-state index in [0.717, 1.165) is 11.3 Å². The van der Waals surface area contributed by atoms with Crippen LogP contribution in [-0.2, 0) is 6.54 Å². The van der Waals surface area contributed by atoms with Gasteiger partial charge < -0.3 is 4.42 Å². The average molecular weight is 242 g/mol. The summed E-state index contributed by atoms with van der Waals surface area (Å²) in [6.45, 7) is 0.410. The van der Waals surface area contributed by atoms with Gasteiger partial charge in [-0.3, -0.25) is 4.68 Å². The number of furan rings is 1. The molecule has 0 atom stereocenters. The minimum absolute atomic E-state index is 0.215. The van der Waals surface area contributed by atoms with Crippen LogP contribution in [0.3, 0.4) is 0 Å². The van der Waals surface area contributed by atoms with E-state index in [1.807, 2.05) is 24.4 Å². The fourth-order valence-corrected chi connectivity index (χ4v) is 1.82. The lowest BCUT2D eigenvalue weighted by atomic mass is 10.2. The molecule has 1 aromatic carbocycles. The second-order valence-electron chi connectivity index (χ2n) is 4.00. The summed E-state index contributed by atoms with van der Waals surface area (Å²) >= 11 is 0. The van der Waals surface area contributed by atoms with Crippen LogP contribution in [0.1, 0.15) is 5.56 Å². The van der Waals surface area contributed by atoms with Crippen molar-refractivity contribution < 1.29 is 8.81 Å². The maximum absolute atomic E-state index is 13.5. The Morgan fingerprint density at radius 3 is 2.83 bits per heavy atom. The Kier molecular flexibility index (Phi) is 2.68. The highest BCUT2D eigenvalue weighted by Gasteiger charge is 2.06. The Bertz CT molecular complexity index is 643. The summed E-state index contributed by atoms with van der Waals surface area (Å²) < 4.78 is 20.5. The predicted octanol–water partition coefficient (Wildman–Crippen LogP) is 3.33. The number of hydrogen-bond acceptors (Lipinski definition) is 2. The fraction of sp³-hybridized carbons (Fsp3) is 0.0714. The molecule has 0 N–H and O–H groups in total. The van der Waals surface area contributed by atoms with Gasteiger partial charge in [0.1, 0.15) is 11.6 Å². The molecule has 18 heavy (non-hydrogen) atoms. The molecule has 0 spiro atoms. The van der Waals surface area contributed by atoms with Crippen molar-refractivity contribution in [2.75, 3.05) is 0 Å². The minimum atomic E-state index is -0.215. The lowest BCUT2D eigenvalue weighted by Gasteiger charge is -2.02. The molecule has 3 nitrogen and oxygen atoms in total. The zero-order valence-corrected chi connectivity index (χ0v) is 9.58. The molecular formula is C14H11FN2O. The van der Waals surface area contributed by atoms with Crippen molar-refractivity contribution in [2.45, 2.75) is 6.54 Å². The number of aromatic nitrogens is 2. The Labute approximate surface area is 103 Å². The van der Waals surface area contributed by atoms with Crippen LogP contribution >= 0.6 is 0 Å². The summed E-state index contributed by atoms with van der Waals surface area (Å²) in [7, 11) is 0. The smallest absolute Gasteiger partial charge is 0.137 e. The van der Waals surface area contributed by atoms with Crippen LogP contribution in [0.5, 0.6) is 0 Å². The molecule has 0 unspecified atom stereocenters. The lowest BCUT2D eigenvalue weighted by Crippen LogP contribution is -2.01. The fourth-order valence-electron chi connectivity index (χ4n) is 1.82. The normalized spacial score (nSPS) is 10.7. The van der Waals surface area contributed by atoms with E-state index in [-0.39, 0.29) is 5.82 Å². The molecule has 0 saturated heterocycles. The second kappa shape index (κ2) is 4.49. The van der Waals surface area contributed by atoms with Gasteiger partial charge in [0.05, 0.1) is 24.6 Å². The molecule has 4 heteroatoms.